The lowest BCUT2D eigenvalue weighted by molar-refractivity contribution is -0.141. The van der Waals surface area contributed by atoms with Gasteiger partial charge in [-0.05, 0) is 19.4 Å². The van der Waals surface area contributed by atoms with Crippen LogP contribution in [0.4, 0.5) is 13.2 Å². The topological polar surface area (TPSA) is 53.4 Å². The van der Waals surface area contributed by atoms with Gasteiger partial charge < -0.3 is 10.0 Å². The van der Waals surface area contributed by atoms with E-state index in [1.54, 1.807) is 0 Å². The molecule has 8 heteroatoms. The highest BCUT2D eigenvalue weighted by atomic mass is 32.1. The van der Waals surface area contributed by atoms with Gasteiger partial charge in [0.05, 0.1) is 11.4 Å². The van der Waals surface area contributed by atoms with Crippen LogP contribution in [0.15, 0.2) is 5.38 Å². The SMILES string of the molecule is O=C(O)CCN1CCCC(c2nc(C(F)(F)F)cs2)C1. The predicted octanol–water partition coefficient (Wildman–Crippen LogP) is 2.82. The molecule has 1 atom stereocenters. The molecule has 112 valence electrons. The normalized spacial score (nSPS) is 21.1. The molecule has 2 heterocycles. The van der Waals surface area contributed by atoms with Crippen LogP contribution in [0.1, 0.15) is 35.9 Å². The number of nitrogens with zero attached hydrogens (tertiary/aromatic N) is 2. The maximum atomic E-state index is 12.5. The van der Waals surface area contributed by atoms with Crippen LogP contribution < -0.4 is 0 Å². The highest BCUT2D eigenvalue weighted by molar-refractivity contribution is 7.09. The number of aliphatic carboxylic acids is 1. The molecule has 1 N–H and O–H groups in total. The molecule has 0 aromatic carbocycles. The zero-order valence-electron chi connectivity index (χ0n) is 10.7. The van der Waals surface area contributed by atoms with Gasteiger partial charge >= 0.3 is 12.1 Å². The summed E-state index contributed by atoms with van der Waals surface area (Å²) < 4.78 is 37.6. The Morgan fingerprint density at radius 1 is 1.55 bits per heavy atom. The molecule has 1 aliphatic heterocycles. The molecule has 1 aliphatic rings. The fourth-order valence-corrected chi connectivity index (χ4v) is 3.27. The van der Waals surface area contributed by atoms with E-state index in [0.29, 0.717) is 18.1 Å². The van der Waals surface area contributed by atoms with Crippen LogP contribution in [0, 0.1) is 0 Å². The number of alkyl halides is 3. The standard InChI is InChI=1S/C12H15F3N2O2S/c13-12(14,15)9-7-20-11(16-9)8-2-1-4-17(6-8)5-3-10(18)19/h7-8H,1-6H2,(H,18,19). The number of carboxylic acids is 1. The first kappa shape index (κ1) is 15.2. The smallest absolute Gasteiger partial charge is 0.434 e. The first-order chi connectivity index (χ1) is 9.36. The maximum Gasteiger partial charge on any atom is 0.434 e. The Bertz CT molecular complexity index is 476. The summed E-state index contributed by atoms with van der Waals surface area (Å²) in [5.74, 6) is -0.889. The lowest BCUT2D eigenvalue weighted by atomic mass is 9.98. The van der Waals surface area contributed by atoms with Gasteiger partial charge in [0.15, 0.2) is 5.69 Å². The van der Waals surface area contributed by atoms with Crippen molar-refractivity contribution >= 4 is 17.3 Å². The Morgan fingerprint density at radius 2 is 2.30 bits per heavy atom. The molecule has 0 saturated carbocycles. The summed E-state index contributed by atoms with van der Waals surface area (Å²) in [4.78, 5) is 16.2. The van der Waals surface area contributed by atoms with E-state index in [1.165, 1.54) is 0 Å². The van der Waals surface area contributed by atoms with Crippen LogP contribution in [0.25, 0.3) is 0 Å². The molecular weight excluding hydrogens is 293 g/mol. The highest BCUT2D eigenvalue weighted by Crippen LogP contribution is 2.34. The fourth-order valence-electron chi connectivity index (χ4n) is 2.32. The number of hydrogen-bond acceptors (Lipinski definition) is 4. The van der Waals surface area contributed by atoms with Gasteiger partial charge in [-0.15, -0.1) is 11.3 Å². The van der Waals surface area contributed by atoms with Crippen LogP contribution >= 0.6 is 11.3 Å². The van der Waals surface area contributed by atoms with Gasteiger partial charge in [-0.2, -0.15) is 13.2 Å². The van der Waals surface area contributed by atoms with Crippen molar-refractivity contribution in [3.63, 3.8) is 0 Å². The second-order valence-corrected chi connectivity index (χ2v) is 5.74. The van der Waals surface area contributed by atoms with Crippen molar-refractivity contribution in [1.82, 2.24) is 9.88 Å². The number of piperidine rings is 1. The van der Waals surface area contributed by atoms with E-state index in [-0.39, 0.29) is 12.3 Å². The molecular formula is C12H15F3N2O2S. The van der Waals surface area contributed by atoms with Crippen LogP contribution in [0.3, 0.4) is 0 Å². The maximum absolute atomic E-state index is 12.5. The molecule has 1 saturated heterocycles. The van der Waals surface area contributed by atoms with Crippen LogP contribution in [-0.2, 0) is 11.0 Å². The summed E-state index contributed by atoms with van der Waals surface area (Å²) in [5.41, 5.74) is -0.833. The summed E-state index contributed by atoms with van der Waals surface area (Å²) in [6.45, 7) is 1.81. The van der Waals surface area contributed by atoms with Crippen molar-refractivity contribution in [2.75, 3.05) is 19.6 Å². The van der Waals surface area contributed by atoms with E-state index in [2.05, 4.69) is 4.98 Å². The average Bonchev–Trinajstić information content (AvgIpc) is 2.86. The lowest BCUT2D eigenvalue weighted by Gasteiger charge is -2.31. The number of halogens is 3. The van der Waals surface area contributed by atoms with Crippen LogP contribution in [0.2, 0.25) is 0 Å². The van der Waals surface area contributed by atoms with Gasteiger partial charge in [-0.1, -0.05) is 0 Å². The second-order valence-electron chi connectivity index (χ2n) is 4.85. The molecule has 2 rings (SSSR count). The van der Waals surface area contributed by atoms with Gasteiger partial charge in [-0.3, -0.25) is 4.79 Å². The summed E-state index contributed by atoms with van der Waals surface area (Å²) >= 11 is 1.04. The number of hydrogen-bond donors (Lipinski definition) is 1. The summed E-state index contributed by atoms with van der Waals surface area (Å²) in [7, 11) is 0. The first-order valence-corrected chi connectivity index (χ1v) is 7.21. The molecule has 4 nitrogen and oxygen atoms in total. The van der Waals surface area contributed by atoms with E-state index in [9.17, 15) is 18.0 Å². The minimum atomic E-state index is -4.40. The first-order valence-electron chi connectivity index (χ1n) is 6.33. The molecule has 0 aliphatic carbocycles. The third-order valence-corrected chi connectivity index (χ3v) is 4.32. The molecule has 1 unspecified atom stereocenters. The van der Waals surface area contributed by atoms with Crippen molar-refractivity contribution in [3.8, 4) is 0 Å². The van der Waals surface area contributed by atoms with Gasteiger partial charge in [0.25, 0.3) is 0 Å². The molecule has 0 bridgehead atoms. The zero-order chi connectivity index (χ0) is 14.8. The van der Waals surface area contributed by atoms with Crippen molar-refractivity contribution in [1.29, 1.82) is 0 Å². The van der Waals surface area contributed by atoms with E-state index < -0.39 is 17.8 Å². The molecule has 20 heavy (non-hydrogen) atoms. The number of carboxylic acid groups (broad SMARTS) is 1. The van der Waals surface area contributed by atoms with Crippen LogP contribution in [-0.4, -0.2) is 40.6 Å². The quantitative estimate of drug-likeness (QED) is 0.929. The third kappa shape index (κ3) is 3.92. The number of aromatic nitrogens is 1. The minimum Gasteiger partial charge on any atom is -0.481 e. The Labute approximate surface area is 118 Å². The van der Waals surface area contributed by atoms with Crippen molar-refractivity contribution in [2.45, 2.75) is 31.4 Å². The van der Waals surface area contributed by atoms with Gasteiger partial charge in [0.2, 0.25) is 0 Å². The summed E-state index contributed by atoms with van der Waals surface area (Å²) in [5, 5.41) is 10.2. The second kappa shape index (κ2) is 6.09. The number of rotatable bonds is 4. The molecule has 0 spiro atoms. The van der Waals surface area contributed by atoms with Crippen molar-refractivity contribution < 1.29 is 23.1 Å². The van der Waals surface area contributed by atoms with Crippen LogP contribution in [0.5, 0.6) is 0 Å². The summed E-state index contributed by atoms with van der Waals surface area (Å²) in [6, 6.07) is 0. The Hall–Kier alpha value is -1.15. The highest BCUT2D eigenvalue weighted by Gasteiger charge is 2.35. The van der Waals surface area contributed by atoms with E-state index >= 15 is 0 Å². The zero-order valence-corrected chi connectivity index (χ0v) is 11.5. The minimum absolute atomic E-state index is 0.0290. The monoisotopic (exact) mass is 308 g/mol. The van der Waals surface area contributed by atoms with E-state index in [1.807, 2.05) is 4.90 Å². The third-order valence-electron chi connectivity index (χ3n) is 3.31. The Balaban J connectivity index is 1.98. The van der Waals surface area contributed by atoms with Gasteiger partial charge in [0.1, 0.15) is 0 Å². The van der Waals surface area contributed by atoms with E-state index in [0.717, 1.165) is 36.1 Å². The van der Waals surface area contributed by atoms with Gasteiger partial charge in [0, 0.05) is 24.4 Å². The number of likely N-dealkylation sites (tertiary alicyclic amines) is 1. The largest absolute Gasteiger partial charge is 0.481 e. The number of carbonyl (C=O) groups is 1. The lowest BCUT2D eigenvalue weighted by Crippen LogP contribution is -2.35. The van der Waals surface area contributed by atoms with Crippen molar-refractivity contribution in [2.24, 2.45) is 0 Å². The van der Waals surface area contributed by atoms with E-state index in [4.69, 9.17) is 5.11 Å². The Morgan fingerprint density at radius 3 is 2.90 bits per heavy atom. The molecule has 0 amide bonds. The van der Waals surface area contributed by atoms with Crippen molar-refractivity contribution in [3.05, 3.63) is 16.1 Å². The summed E-state index contributed by atoms with van der Waals surface area (Å²) in [6.07, 6.45) is -2.69. The van der Waals surface area contributed by atoms with Gasteiger partial charge in [-0.25, -0.2) is 4.98 Å². The Kier molecular flexibility index (Phi) is 4.64. The number of thiazole rings is 1. The molecule has 1 aromatic heterocycles. The molecule has 0 radical (unpaired) electrons. The predicted molar refractivity (Wildman–Crippen MR) is 67.8 cm³/mol. The molecule has 1 aromatic rings. The fraction of sp³-hybridized carbons (Fsp3) is 0.667. The molecule has 1 fully saturated rings. The average molecular weight is 308 g/mol.